The van der Waals surface area contributed by atoms with E-state index in [1.807, 2.05) is 17.7 Å². The zero-order valence-electron chi connectivity index (χ0n) is 8.71. The van der Waals surface area contributed by atoms with Crippen LogP contribution in [0.4, 0.5) is 0 Å². The monoisotopic (exact) mass is 204 g/mol. The lowest BCUT2D eigenvalue weighted by Crippen LogP contribution is -2.01. The highest BCUT2D eigenvalue weighted by Crippen LogP contribution is 2.25. The zero-order valence-corrected chi connectivity index (χ0v) is 8.71. The first kappa shape index (κ1) is 9.64. The Kier molecular flexibility index (Phi) is 2.62. The van der Waals surface area contributed by atoms with E-state index in [0.29, 0.717) is 5.88 Å². The Bertz CT molecular complexity index is 452. The summed E-state index contributed by atoms with van der Waals surface area (Å²) >= 11 is 0. The second-order valence-electron chi connectivity index (χ2n) is 2.98. The molecule has 0 unspecified atom stereocenters. The number of ether oxygens (including phenoxy) is 1. The van der Waals surface area contributed by atoms with Crippen LogP contribution in [0.25, 0.3) is 11.3 Å². The Morgan fingerprint density at radius 3 is 3.07 bits per heavy atom. The van der Waals surface area contributed by atoms with Crippen molar-refractivity contribution in [1.29, 1.82) is 0 Å². The Hall–Kier alpha value is -1.91. The summed E-state index contributed by atoms with van der Waals surface area (Å²) in [5, 5.41) is 4.19. The normalized spacial score (nSPS) is 10.3. The lowest BCUT2D eigenvalue weighted by Gasteiger charge is -2.07. The van der Waals surface area contributed by atoms with Gasteiger partial charge < -0.3 is 4.74 Å². The van der Waals surface area contributed by atoms with Gasteiger partial charge in [0.05, 0.1) is 18.4 Å². The topological polar surface area (TPSA) is 52.8 Å². The lowest BCUT2D eigenvalue weighted by molar-refractivity contribution is 0.398. The highest BCUT2D eigenvalue weighted by Gasteiger charge is 2.10. The first-order valence-corrected chi connectivity index (χ1v) is 4.73. The number of hydrogen-bond acceptors (Lipinski definition) is 4. The molecule has 5 nitrogen and oxygen atoms in total. The van der Waals surface area contributed by atoms with Crippen LogP contribution in [0.5, 0.6) is 5.88 Å². The number of hydrogen-bond donors (Lipinski definition) is 0. The third-order valence-corrected chi connectivity index (χ3v) is 2.16. The van der Waals surface area contributed by atoms with Gasteiger partial charge in [-0.2, -0.15) is 5.10 Å². The summed E-state index contributed by atoms with van der Waals surface area (Å²) in [5.74, 6) is 0.570. The molecule has 0 aromatic carbocycles. The number of aromatic nitrogens is 4. The number of rotatable bonds is 3. The van der Waals surface area contributed by atoms with Gasteiger partial charge in [0.25, 0.3) is 0 Å². The molecule has 5 heteroatoms. The van der Waals surface area contributed by atoms with Gasteiger partial charge in [-0.05, 0) is 13.0 Å². The minimum Gasteiger partial charge on any atom is -0.480 e. The fourth-order valence-electron chi connectivity index (χ4n) is 1.47. The first-order chi connectivity index (χ1) is 7.36. The Morgan fingerprint density at radius 2 is 2.33 bits per heavy atom. The van der Waals surface area contributed by atoms with Gasteiger partial charge in [0.1, 0.15) is 6.33 Å². The molecule has 0 saturated carbocycles. The van der Waals surface area contributed by atoms with Crippen LogP contribution in [0.15, 0.2) is 24.8 Å². The van der Waals surface area contributed by atoms with E-state index in [9.17, 15) is 0 Å². The molecular weight excluding hydrogens is 192 g/mol. The maximum atomic E-state index is 5.18. The molecule has 0 N–H and O–H groups in total. The third-order valence-electron chi connectivity index (χ3n) is 2.16. The van der Waals surface area contributed by atoms with E-state index in [1.165, 1.54) is 6.33 Å². The van der Waals surface area contributed by atoms with Crippen molar-refractivity contribution in [2.45, 2.75) is 13.5 Å². The number of aryl methyl sites for hydroxylation is 1. The fourth-order valence-corrected chi connectivity index (χ4v) is 1.47. The van der Waals surface area contributed by atoms with E-state index in [4.69, 9.17) is 4.74 Å². The van der Waals surface area contributed by atoms with E-state index in [2.05, 4.69) is 15.1 Å². The smallest absolute Gasteiger partial charge is 0.225 e. The summed E-state index contributed by atoms with van der Waals surface area (Å²) in [6.45, 7) is 2.84. The van der Waals surface area contributed by atoms with Crippen LogP contribution in [-0.2, 0) is 6.54 Å². The zero-order chi connectivity index (χ0) is 10.7. The predicted octanol–water partition coefficient (Wildman–Crippen LogP) is 1.37. The third kappa shape index (κ3) is 1.68. The van der Waals surface area contributed by atoms with E-state index in [-0.39, 0.29) is 0 Å². The molecular formula is C10H12N4O. The molecule has 0 aliphatic rings. The van der Waals surface area contributed by atoms with Gasteiger partial charge in [-0.1, -0.05) is 0 Å². The van der Waals surface area contributed by atoms with Gasteiger partial charge in [0.2, 0.25) is 5.88 Å². The summed E-state index contributed by atoms with van der Waals surface area (Å²) in [5.41, 5.74) is 1.83. The van der Waals surface area contributed by atoms with E-state index >= 15 is 0 Å². The summed E-state index contributed by atoms with van der Waals surface area (Å²) in [7, 11) is 1.60. The summed E-state index contributed by atoms with van der Waals surface area (Å²) in [6, 6.07) is 1.92. The van der Waals surface area contributed by atoms with Gasteiger partial charge in [-0.15, -0.1) is 0 Å². The average molecular weight is 204 g/mol. The fraction of sp³-hybridized carbons (Fsp3) is 0.300. The number of nitrogens with zero attached hydrogens (tertiary/aromatic N) is 4. The van der Waals surface area contributed by atoms with Gasteiger partial charge in [0.15, 0.2) is 0 Å². The minimum atomic E-state index is 0.570. The Morgan fingerprint density at radius 1 is 1.47 bits per heavy atom. The number of methoxy groups -OCH3 is 1. The standard InChI is InChI=1S/C10H12N4O/c1-3-14-9(4-5-13-14)8-6-11-7-12-10(8)15-2/h4-7H,3H2,1-2H3. The van der Waals surface area contributed by atoms with Crippen molar-refractivity contribution in [3.63, 3.8) is 0 Å². The molecule has 2 aromatic rings. The molecule has 0 saturated heterocycles. The van der Waals surface area contributed by atoms with Crippen LogP contribution in [0.2, 0.25) is 0 Å². The maximum absolute atomic E-state index is 5.18. The van der Waals surface area contributed by atoms with E-state index < -0.39 is 0 Å². The molecule has 15 heavy (non-hydrogen) atoms. The van der Waals surface area contributed by atoms with Crippen molar-refractivity contribution in [3.05, 3.63) is 24.8 Å². The van der Waals surface area contributed by atoms with Crippen LogP contribution >= 0.6 is 0 Å². The molecule has 0 spiro atoms. The van der Waals surface area contributed by atoms with Crippen LogP contribution in [0.3, 0.4) is 0 Å². The van der Waals surface area contributed by atoms with Crippen LogP contribution in [0, 0.1) is 0 Å². The molecule has 2 aromatic heterocycles. The molecule has 0 atom stereocenters. The molecule has 2 rings (SSSR count). The second kappa shape index (κ2) is 4.08. The average Bonchev–Trinajstić information content (AvgIpc) is 2.76. The highest BCUT2D eigenvalue weighted by atomic mass is 16.5. The largest absolute Gasteiger partial charge is 0.480 e. The molecule has 0 bridgehead atoms. The van der Waals surface area contributed by atoms with Crippen LogP contribution < -0.4 is 4.74 Å². The van der Waals surface area contributed by atoms with Gasteiger partial charge >= 0.3 is 0 Å². The molecule has 0 amide bonds. The predicted molar refractivity (Wildman–Crippen MR) is 55.5 cm³/mol. The Balaban J connectivity index is 2.53. The van der Waals surface area contributed by atoms with E-state index in [1.54, 1.807) is 19.5 Å². The van der Waals surface area contributed by atoms with Gasteiger partial charge in [-0.25, -0.2) is 9.97 Å². The quantitative estimate of drug-likeness (QED) is 0.757. The van der Waals surface area contributed by atoms with Crippen molar-refractivity contribution in [2.75, 3.05) is 7.11 Å². The van der Waals surface area contributed by atoms with Gasteiger partial charge in [0, 0.05) is 18.9 Å². The van der Waals surface area contributed by atoms with Crippen molar-refractivity contribution in [3.8, 4) is 17.1 Å². The van der Waals surface area contributed by atoms with Gasteiger partial charge in [-0.3, -0.25) is 4.68 Å². The summed E-state index contributed by atoms with van der Waals surface area (Å²) < 4.78 is 7.05. The molecule has 0 aliphatic carbocycles. The van der Waals surface area contributed by atoms with Crippen molar-refractivity contribution >= 4 is 0 Å². The SMILES string of the molecule is CCn1nccc1-c1cncnc1OC. The molecule has 0 radical (unpaired) electrons. The van der Waals surface area contributed by atoms with Crippen LogP contribution in [-0.4, -0.2) is 26.9 Å². The van der Waals surface area contributed by atoms with Crippen molar-refractivity contribution < 1.29 is 4.74 Å². The minimum absolute atomic E-state index is 0.570. The molecule has 0 aliphatic heterocycles. The molecule has 2 heterocycles. The maximum Gasteiger partial charge on any atom is 0.225 e. The molecule has 78 valence electrons. The highest BCUT2D eigenvalue weighted by molar-refractivity contribution is 5.63. The Labute approximate surface area is 87.7 Å². The van der Waals surface area contributed by atoms with Crippen molar-refractivity contribution in [2.24, 2.45) is 0 Å². The van der Waals surface area contributed by atoms with Crippen molar-refractivity contribution in [1.82, 2.24) is 19.7 Å². The summed E-state index contributed by atoms with van der Waals surface area (Å²) in [4.78, 5) is 8.05. The lowest BCUT2D eigenvalue weighted by atomic mass is 10.2. The van der Waals surface area contributed by atoms with Crippen LogP contribution in [0.1, 0.15) is 6.92 Å². The first-order valence-electron chi connectivity index (χ1n) is 4.73. The molecule has 0 fully saturated rings. The second-order valence-corrected chi connectivity index (χ2v) is 2.98. The summed E-state index contributed by atoms with van der Waals surface area (Å²) in [6.07, 6.45) is 4.95. The van der Waals surface area contributed by atoms with E-state index in [0.717, 1.165) is 17.8 Å².